The molecule has 0 spiro atoms. The highest BCUT2D eigenvalue weighted by Crippen LogP contribution is 2.19. The number of ether oxygens (including phenoxy) is 1. The Morgan fingerprint density at radius 2 is 2.00 bits per heavy atom. The molecule has 1 aromatic carbocycles. The Balaban J connectivity index is 2.33. The molecule has 92 valence electrons. The molecular formula is C13H10O5. The summed E-state index contributed by atoms with van der Waals surface area (Å²) in [5, 5.41) is 9.50. The maximum atomic E-state index is 11.8. The van der Waals surface area contributed by atoms with Gasteiger partial charge in [-0.1, -0.05) is 12.1 Å². The zero-order valence-corrected chi connectivity index (χ0v) is 9.54. The van der Waals surface area contributed by atoms with Gasteiger partial charge in [0.1, 0.15) is 17.1 Å². The van der Waals surface area contributed by atoms with Crippen LogP contribution in [0.3, 0.4) is 0 Å². The van der Waals surface area contributed by atoms with Crippen LogP contribution in [0.2, 0.25) is 0 Å². The van der Waals surface area contributed by atoms with Gasteiger partial charge in [0.05, 0.1) is 6.26 Å². The van der Waals surface area contributed by atoms with Gasteiger partial charge in [0.15, 0.2) is 0 Å². The van der Waals surface area contributed by atoms with E-state index < -0.39 is 11.4 Å². The lowest BCUT2D eigenvalue weighted by molar-refractivity contribution is 0.0724. The number of hydrogen-bond acceptors (Lipinski definition) is 5. The Morgan fingerprint density at radius 1 is 1.28 bits per heavy atom. The number of phenolic OH excluding ortho intramolecular Hbond substituents is 1. The second-order valence-electron chi connectivity index (χ2n) is 3.58. The Labute approximate surface area is 102 Å². The van der Waals surface area contributed by atoms with E-state index in [1.807, 2.05) is 0 Å². The molecule has 0 aliphatic rings. The molecule has 0 saturated carbocycles. The van der Waals surface area contributed by atoms with E-state index in [1.54, 1.807) is 12.1 Å². The molecule has 0 saturated heterocycles. The smallest absolute Gasteiger partial charge is 0.347 e. The summed E-state index contributed by atoms with van der Waals surface area (Å²) in [6.45, 7) is 1.51. The van der Waals surface area contributed by atoms with Gasteiger partial charge in [-0.3, -0.25) is 4.79 Å². The van der Waals surface area contributed by atoms with Gasteiger partial charge in [0.2, 0.25) is 11.2 Å². The van der Waals surface area contributed by atoms with Crippen LogP contribution in [0.25, 0.3) is 0 Å². The predicted molar refractivity (Wildman–Crippen MR) is 62.8 cm³/mol. The lowest BCUT2D eigenvalue weighted by atomic mass is 10.2. The van der Waals surface area contributed by atoms with Crippen molar-refractivity contribution < 1.29 is 19.1 Å². The van der Waals surface area contributed by atoms with Crippen LogP contribution in [0.15, 0.2) is 45.8 Å². The molecule has 1 N–H and O–H groups in total. The minimum atomic E-state index is -0.810. The number of phenols is 1. The third kappa shape index (κ3) is 2.24. The Hall–Kier alpha value is -2.56. The quantitative estimate of drug-likeness (QED) is 0.818. The number of aryl methyl sites for hydroxylation is 1. The molecule has 0 unspecified atom stereocenters. The van der Waals surface area contributed by atoms with E-state index >= 15 is 0 Å². The molecule has 18 heavy (non-hydrogen) atoms. The van der Waals surface area contributed by atoms with Crippen LogP contribution in [-0.4, -0.2) is 11.1 Å². The van der Waals surface area contributed by atoms with E-state index in [2.05, 4.69) is 0 Å². The molecule has 0 radical (unpaired) electrons. The van der Waals surface area contributed by atoms with Crippen molar-refractivity contribution in [2.45, 2.75) is 6.92 Å². The first-order valence-electron chi connectivity index (χ1n) is 5.18. The van der Waals surface area contributed by atoms with E-state index in [0.29, 0.717) is 0 Å². The molecule has 1 heterocycles. The predicted octanol–water partition coefficient (Wildman–Crippen LogP) is 1.87. The zero-order chi connectivity index (χ0) is 13.1. The summed E-state index contributed by atoms with van der Waals surface area (Å²) < 4.78 is 9.90. The third-order valence-electron chi connectivity index (χ3n) is 2.33. The van der Waals surface area contributed by atoms with Crippen molar-refractivity contribution in [2.75, 3.05) is 0 Å². The Morgan fingerprint density at radius 3 is 2.67 bits per heavy atom. The highest BCUT2D eigenvalue weighted by molar-refractivity contribution is 5.93. The number of carbonyl (C=O) groups excluding carboxylic acids is 1. The van der Waals surface area contributed by atoms with Gasteiger partial charge in [-0.2, -0.15) is 0 Å². The fourth-order valence-electron chi connectivity index (χ4n) is 1.42. The summed E-state index contributed by atoms with van der Waals surface area (Å²) in [5.74, 6) is -0.993. The van der Waals surface area contributed by atoms with E-state index in [-0.39, 0.29) is 22.8 Å². The molecule has 0 atom stereocenters. The van der Waals surface area contributed by atoms with Gasteiger partial charge in [-0.05, 0) is 19.1 Å². The molecule has 2 rings (SSSR count). The highest BCUT2D eigenvalue weighted by Gasteiger charge is 2.16. The van der Waals surface area contributed by atoms with Gasteiger partial charge < -0.3 is 14.3 Å². The van der Waals surface area contributed by atoms with Gasteiger partial charge >= 0.3 is 5.97 Å². The standard InChI is InChI=1S/C13H10O5/c1-8-12(11(15)6-7-17-8)18-13(16)9-4-2-3-5-10(9)14/h2-7,14H,1H3. The molecule has 0 aliphatic carbocycles. The largest absolute Gasteiger partial charge is 0.507 e. The molecule has 5 nitrogen and oxygen atoms in total. The van der Waals surface area contributed by atoms with Crippen LogP contribution in [0, 0.1) is 6.92 Å². The first-order valence-corrected chi connectivity index (χ1v) is 5.18. The van der Waals surface area contributed by atoms with Crippen LogP contribution in [0.4, 0.5) is 0 Å². The second kappa shape index (κ2) is 4.75. The number of rotatable bonds is 2. The molecule has 0 fully saturated rings. The van der Waals surface area contributed by atoms with E-state index in [9.17, 15) is 14.7 Å². The van der Waals surface area contributed by atoms with Gasteiger partial charge in [-0.15, -0.1) is 0 Å². The molecule has 0 aliphatic heterocycles. The normalized spacial score (nSPS) is 10.1. The summed E-state index contributed by atoms with van der Waals surface area (Å²) in [6.07, 6.45) is 1.22. The zero-order valence-electron chi connectivity index (χ0n) is 9.54. The number of aromatic hydroxyl groups is 1. The Kier molecular flexibility index (Phi) is 3.14. The SMILES string of the molecule is Cc1occc(=O)c1OC(=O)c1ccccc1O. The average Bonchev–Trinajstić information content (AvgIpc) is 2.34. The van der Waals surface area contributed by atoms with Crippen LogP contribution < -0.4 is 10.2 Å². The van der Waals surface area contributed by atoms with Crippen LogP contribution >= 0.6 is 0 Å². The third-order valence-corrected chi connectivity index (χ3v) is 2.33. The van der Waals surface area contributed by atoms with Crippen molar-refractivity contribution in [2.24, 2.45) is 0 Å². The summed E-state index contributed by atoms with van der Waals surface area (Å²) in [7, 11) is 0. The first-order chi connectivity index (χ1) is 8.59. The summed E-state index contributed by atoms with van der Waals surface area (Å²) in [5.41, 5.74) is -0.470. The number of benzene rings is 1. The fraction of sp³-hybridized carbons (Fsp3) is 0.0769. The van der Waals surface area contributed by atoms with Gasteiger partial charge in [-0.25, -0.2) is 4.79 Å². The molecule has 0 amide bonds. The van der Waals surface area contributed by atoms with Crippen LogP contribution in [0.1, 0.15) is 16.1 Å². The lowest BCUT2D eigenvalue weighted by Gasteiger charge is -2.06. The maximum Gasteiger partial charge on any atom is 0.347 e. The molecule has 5 heteroatoms. The van der Waals surface area contributed by atoms with Gasteiger partial charge in [0, 0.05) is 6.07 Å². The second-order valence-corrected chi connectivity index (χ2v) is 3.58. The number of hydrogen-bond donors (Lipinski definition) is 1. The number of carbonyl (C=O) groups is 1. The van der Waals surface area contributed by atoms with E-state index in [0.717, 1.165) is 6.07 Å². The van der Waals surface area contributed by atoms with Crippen molar-refractivity contribution in [3.63, 3.8) is 0 Å². The average molecular weight is 246 g/mol. The van der Waals surface area contributed by atoms with Crippen molar-refractivity contribution >= 4 is 5.97 Å². The van der Waals surface area contributed by atoms with Crippen molar-refractivity contribution in [1.82, 2.24) is 0 Å². The first kappa shape index (κ1) is 11.9. The lowest BCUT2D eigenvalue weighted by Crippen LogP contribution is -2.15. The molecule has 2 aromatic rings. The maximum absolute atomic E-state index is 11.8. The summed E-state index contributed by atoms with van der Waals surface area (Å²) in [4.78, 5) is 23.3. The van der Waals surface area contributed by atoms with E-state index in [4.69, 9.17) is 9.15 Å². The highest BCUT2D eigenvalue weighted by atomic mass is 16.5. The minimum absolute atomic E-state index is 0.0137. The molecular weight excluding hydrogens is 236 g/mol. The molecule has 1 aromatic heterocycles. The van der Waals surface area contributed by atoms with Gasteiger partial charge in [0.25, 0.3) is 0 Å². The van der Waals surface area contributed by atoms with Crippen LogP contribution in [-0.2, 0) is 0 Å². The van der Waals surface area contributed by atoms with Crippen molar-refractivity contribution in [1.29, 1.82) is 0 Å². The van der Waals surface area contributed by atoms with E-state index in [1.165, 1.54) is 25.3 Å². The number of para-hydroxylation sites is 1. The summed E-state index contributed by atoms with van der Waals surface area (Å²) in [6, 6.07) is 7.07. The number of esters is 1. The Bertz CT molecular complexity index is 642. The topological polar surface area (TPSA) is 76.7 Å². The van der Waals surface area contributed by atoms with Crippen LogP contribution in [0.5, 0.6) is 11.5 Å². The van der Waals surface area contributed by atoms with Crippen molar-refractivity contribution in [3.05, 3.63) is 58.1 Å². The molecule has 0 bridgehead atoms. The fourth-order valence-corrected chi connectivity index (χ4v) is 1.42. The summed E-state index contributed by atoms with van der Waals surface area (Å²) >= 11 is 0. The monoisotopic (exact) mass is 246 g/mol. The minimum Gasteiger partial charge on any atom is -0.507 e. The van der Waals surface area contributed by atoms with Crippen molar-refractivity contribution in [3.8, 4) is 11.5 Å².